The predicted octanol–water partition coefficient (Wildman–Crippen LogP) is 2.68. The number of aromatic nitrogens is 1. The number of hydrogen-bond donors (Lipinski definition) is 1. The lowest BCUT2D eigenvalue weighted by Crippen LogP contribution is -2.21. The number of aromatic carboxylic acids is 1. The average molecular weight is 365 g/mol. The standard InChI is InChI=1S/C19H15N3O5/c1-22(2)18(23)11-3-4-13(9-20)15(7-11)26-10-17-21-14-6-5-12(19(24)25)8-16(14)27-17/h3-8H,10H2,1-2H3,(H,24,25). The van der Waals surface area contributed by atoms with Crippen molar-refractivity contribution in [3.05, 3.63) is 59.0 Å². The van der Waals surface area contributed by atoms with Gasteiger partial charge in [0.15, 0.2) is 12.2 Å². The Bertz CT molecular complexity index is 1080. The molecule has 27 heavy (non-hydrogen) atoms. The van der Waals surface area contributed by atoms with Crippen molar-refractivity contribution in [1.82, 2.24) is 9.88 Å². The number of carboxylic acid groups (broad SMARTS) is 1. The first-order valence-corrected chi connectivity index (χ1v) is 7.90. The normalized spacial score (nSPS) is 10.4. The molecule has 0 saturated carbocycles. The van der Waals surface area contributed by atoms with Crippen molar-refractivity contribution < 1.29 is 23.8 Å². The average Bonchev–Trinajstić information content (AvgIpc) is 3.07. The number of rotatable bonds is 5. The Balaban J connectivity index is 1.84. The maximum Gasteiger partial charge on any atom is 0.335 e. The van der Waals surface area contributed by atoms with Crippen LogP contribution in [0.25, 0.3) is 11.1 Å². The zero-order valence-electron chi connectivity index (χ0n) is 14.6. The number of benzene rings is 2. The van der Waals surface area contributed by atoms with Crippen LogP contribution >= 0.6 is 0 Å². The smallest absolute Gasteiger partial charge is 0.335 e. The molecule has 1 aromatic heterocycles. The topological polar surface area (TPSA) is 117 Å². The fourth-order valence-electron chi connectivity index (χ4n) is 2.43. The highest BCUT2D eigenvalue weighted by atomic mass is 16.5. The first-order chi connectivity index (χ1) is 12.9. The van der Waals surface area contributed by atoms with E-state index in [2.05, 4.69) is 4.98 Å². The number of hydrogen-bond acceptors (Lipinski definition) is 6. The first kappa shape index (κ1) is 17.9. The maximum atomic E-state index is 12.1. The summed E-state index contributed by atoms with van der Waals surface area (Å²) in [7, 11) is 3.26. The number of amides is 1. The molecule has 136 valence electrons. The van der Waals surface area contributed by atoms with E-state index in [0.29, 0.717) is 16.7 Å². The Morgan fingerprint density at radius 3 is 2.63 bits per heavy atom. The number of oxazole rings is 1. The van der Waals surface area contributed by atoms with E-state index in [4.69, 9.17) is 14.3 Å². The van der Waals surface area contributed by atoms with Gasteiger partial charge in [-0.15, -0.1) is 0 Å². The molecule has 0 aliphatic carbocycles. The third kappa shape index (κ3) is 3.72. The summed E-state index contributed by atoms with van der Waals surface area (Å²) in [5.41, 5.74) is 1.57. The van der Waals surface area contributed by atoms with Gasteiger partial charge in [0.1, 0.15) is 17.3 Å². The molecule has 0 aliphatic heterocycles. The quantitative estimate of drug-likeness (QED) is 0.738. The van der Waals surface area contributed by atoms with Gasteiger partial charge in [0.2, 0.25) is 5.89 Å². The van der Waals surface area contributed by atoms with Crippen LogP contribution in [0.1, 0.15) is 32.2 Å². The fraction of sp³-hybridized carbons (Fsp3) is 0.158. The Morgan fingerprint density at radius 1 is 1.22 bits per heavy atom. The number of fused-ring (bicyclic) bond motifs is 1. The summed E-state index contributed by atoms with van der Waals surface area (Å²) in [6, 6.07) is 10.9. The van der Waals surface area contributed by atoms with Gasteiger partial charge in [-0.05, 0) is 36.4 Å². The number of nitrogens with zero attached hydrogens (tertiary/aromatic N) is 3. The van der Waals surface area contributed by atoms with Gasteiger partial charge < -0.3 is 19.2 Å². The number of nitriles is 1. The van der Waals surface area contributed by atoms with Gasteiger partial charge in [-0.3, -0.25) is 4.79 Å². The molecule has 8 heteroatoms. The molecular formula is C19H15N3O5. The summed E-state index contributed by atoms with van der Waals surface area (Å²) in [6.45, 7) is -0.0780. The highest BCUT2D eigenvalue weighted by molar-refractivity contribution is 5.94. The highest BCUT2D eigenvalue weighted by Gasteiger charge is 2.14. The van der Waals surface area contributed by atoms with Crippen molar-refractivity contribution >= 4 is 23.0 Å². The molecule has 8 nitrogen and oxygen atoms in total. The van der Waals surface area contributed by atoms with Crippen LogP contribution in [-0.4, -0.2) is 41.0 Å². The second-order valence-electron chi connectivity index (χ2n) is 5.91. The SMILES string of the molecule is CN(C)C(=O)c1ccc(C#N)c(OCc2nc3ccc(C(=O)O)cc3o2)c1. The molecule has 1 amide bonds. The molecule has 0 unspecified atom stereocenters. The highest BCUT2D eigenvalue weighted by Crippen LogP contribution is 2.23. The molecule has 3 rings (SSSR count). The van der Waals surface area contributed by atoms with Crippen LogP contribution in [0.5, 0.6) is 5.75 Å². The second kappa shape index (κ2) is 7.17. The molecule has 2 aromatic carbocycles. The van der Waals surface area contributed by atoms with E-state index in [0.717, 1.165) is 0 Å². The third-order valence-corrected chi connectivity index (χ3v) is 3.79. The van der Waals surface area contributed by atoms with Crippen LogP contribution in [0.3, 0.4) is 0 Å². The molecular weight excluding hydrogens is 350 g/mol. The molecule has 0 aliphatic rings. The minimum Gasteiger partial charge on any atom is -0.482 e. The molecule has 1 N–H and O–H groups in total. The van der Waals surface area contributed by atoms with Crippen LogP contribution in [0, 0.1) is 11.3 Å². The van der Waals surface area contributed by atoms with E-state index in [9.17, 15) is 14.9 Å². The maximum absolute atomic E-state index is 12.1. The number of carbonyl (C=O) groups excluding carboxylic acids is 1. The van der Waals surface area contributed by atoms with Gasteiger partial charge in [0, 0.05) is 19.7 Å². The van der Waals surface area contributed by atoms with Gasteiger partial charge in [-0.1, -0.05) is 0 Å². The lowest BCUT2D eigenvalue weighted by molar-refractivity contribution is 0.0696. The second-order valence-corrected chi connectivity index (χ2v) is 5.91. The van der Waals surface area contributed by atoms with Crippen LogP contribution in [-0.2, 0) is 6.61 Å². The molecule has 0 atom stereocenters. The summed E-state index contributed by atoms with van der Waals surface area (Å²) >= 11 is 0. The van der Waals surface area contributed by atoms with E-state index < -0.39 is 5.97 Å². The zero-order valence-corrected chi connectivity index (χ0v) is 14.6. The Morgan fingerprint density at radius 2 is 1.96 bits per heavy atom. The number of carbonyl (C=O) groups is 2. The van der Waals surface area contributed by atoms with E-state index in [-0.39, 0.29) is 35.3 Å². The van der Waals surface area contributed by atoms with Crippen molar-refractivity contribution in [1.29, 1.82) is 5.26 Å². The minimum atomic E-state index is -1.06. The van der Waals surface area contributed by atoms with Gasteiger partial charge in [-0.25, -0.2) is 9.78 Å². The predicted molar refractivity (Wildman–Crippen MR) is 94.5 cm³/mol. The van der Waals surface area contributed by atoms with Crippen LogP contribution in [0.15, 0.2) is 40.8 Å². The molecule has 0 radical (unpaired) electrons. The number of ether oxygens (including phenoxy) is 1. The van der Waals surface area contributed by atoms with Crippen LogP contribution in [0.4, 0.5) is 0 Å². The largest absolute Gasteiger partial charge is 0.482 e. The van der Waals surface area contributed by atoms with Crippen molar-refractivity contribution in [3.63, 3.8) is 0 Å². The summed E-state index contributed by atoms with van der Waals surface area (Å²) < 4.78 is 11.1. The Hall–Kier alpha value is -3.86. The fourth-order valence-corrected chi connectivity index (χ4v) is 2.43. The van der Waals surface area contributed by atoms with Crippen molar-refractivity contribution in [2.75, 3.05) is 14.1 Å². The van der Waals surface area contributed by atoms with E-state index in [1.807, 2.05) is 6.07 Å². The first-order valence-electron chi connectivity index (χ1n) is 7.90. The monoisotopic (exact) mass is 365 g/mol. The van der Waals surface area contributed by atoms with E-state index >= 15 is 0 Å². The van der Waals surface area contributed by atoms with Gasteiger partial charge in [-0.2, -0.15) is 5.26 Å². The van der Waals surface area contributed by atoms with Crippen LogP contribution < -0.4 is 4.74 Å². The van der Waals surface area contributed by atoms with E-state index in [1.54, 1.807) is 26.2 Å². The van der Waals surface area contributed by atoms with Crippen molar-refractivity contribution in [2.24, 2.45) is 0 Å². The lowest BCUT2D eigenvalue weighted by Gasteiger charge is -2.12. The van der Waals surface area contributed by atoms with Gasteiger partial charge in [0.25, 0.3) is 5.91 Å². The minimum absolute atomic E-state index is 0.0780. The Labute approximate surface area is 154 Å². The van der Waals surface area contributed by atoms with Gasteiger partial charge >= 0.3 is 5.97 Å². The summed E-state index contributed by atoms with van der Waals surface area (Å²) in [5, 5.41) is 18.3. The summed E-state index contributed by atoms with van der Waals surface area (Å²) in [6.07, 6.45) is 0. The molecule has 0 spiro atoms. The van der Waals surface area contributed by atoms with Crippen molar-refractivity contribution in [2.45, 2.75) is 6.61 Å². The lowest BCUT2D eigenvalue weighted by atomic mass is 10.1. The van der Waals surface area contributed by atoms with Crippen LogP contribution in [0.2, 0.25) is 0 Å². The molecule has 0 bridgehead atoms. The molecule has 3 aromatic rings. The third-order valence-electron chi connectivity index (χ3n) is 3.79. The van der Waals surface area contributed by atoms with Gasteiger partial charge in [0.05, 0.1) is 11.1 Å². The number of carboxylic acids is 1. The Kier molecular flexibility index (Phi) is 4.77. The molecule has 0 fully saturated rings. The van der Waals surface area contributed by atoms with E-state index in [1.165, 1.54) is 29.2 Å². The summed E-state index contributed by atoms with van der Waals surface area (Å²) in [5.74, 6) is -0.820. The van der Waals surface area contributed by atoms with Crippen molar-refractivity contribution in [3.8, 4) is 11.8 Å². The summed E-state index contributed by atoms with van der Waals surface area (Å²) in [4.78, 5) is 28.8. The zero-order chi connectivity index (χ0) is 19.6. The molecule has 0 saturated heterocycles. The molecule has 1 heterocycles.